The number of benzene rings is 1. The monoisotopic (exact) mass is 277 g/mol. The van der Waals surface area contributed by atoms with Gasteiger partial charge in [-0.05, 0) is 37.0 Å². The van der Waals surface area contributed by atoms with Gasteiger partial charge < -0.3 is 15.2 Å². The normalized spacial score (nSPS) is 14.4. The van der Waals surface area contributed by atoms with Gasteiger partial charge in [-0.3, -0.25) is 4.79 Å². The molecule has 108 valence electrons. The Morgan fingerprint density at radius 1 is 1.25 bits per heavy atom. The summed E-state index contributed by atoms with van der Waals surface area (Å²) in [5.74, 6) is -0.0677. The van der Waals surface area contributed by atoms with E-state index < -0.39 is 5.97 Å². The van der Waals surface area contributed by atoms with Gasteiger partial charge in [0.15, 0.2) is 6.61 Å². The molecular weight excluding hydrogens is 258 g/mol. The number of aliphatic carboxylic acids is 1. The summed E-state index contributed by atoms with van der Waals surface area (Å²) in [5, 5.41) is 11.4. The average molecular weight is 277 g/mol. The predicted molar refractivity (Wildman–Crippen MR) is 73.6 cm³/mol. The zero-order valence-electron chi connectivity index (χ0n) is 11.3. The lowest BCUT2D eigenvalue weighted by Gasteiger charge is -2.24. The Hall–Kier alpha value is -2.04. The Morgan fingerprint density at radius 3 is 2.50 bits per heavy atom. The van der Waals surface area contributed by atoms with Gasteiger partial charge in [-0.25, -0.2) is 4.79 Å². The summed E-state index contributed by atoms with van der Waals surface area (Å²) in [6.07, 6.45) is 3.95. The Balaban J connectivity index is 1.70. The summed E-state index contributed by atoms with van der Waals surface area (Å²) in [5.41, 5.74) is 1.08. The van der Waals surface area contributed by atoms with Crippen molar-refractivity contribution in [2.24, 2.45) is 5.92 Å². The number of nitrogens with one attached hydrogen (secondary N) is 1. The maximum atomic E-state index is 11.6. The van der Waals surface area contributed by atoms with Crippen LogP contribution in [-0.4, -0.2) is 30.1 Å². The molecule has 1 aromatic carbocycles. The average Bonchev–Trinajstić information content (AvgIpc) is 2.35. The molecule has 0 heterocycles. The van der Waals surface area contributed by atoms with Crippen LogP contribution in [0, 0.1) is 5.92 Å². The zero-order valence-corrected chi connectivity index (χ0v) is 11.3. The standard InChI is InChI=1S/C15H19NO4/c17-14(18)10-20-13-6-4-11(5-7-13)8-9-16-15(19)12-2-1-3-12/h4-7,12H,1-3,8-10H2,(H,16,19)(H,17,18). The van der Waals surface area contributed by atoms with E-state index in [2.05, 4.69) is 5.32 Å². The van der Waals surface area contributed by atoms with Crippen LogP contribution in [0.15, 0.2) is 24.3 Å². The first-order chi connectivity index (χ1) is 9.65. The van der Waals surface area contributed by atoms with Crippen molar-refractivity contribution in [3.05, 3.63) is 29.8 Å². The van der Waals surface area contributed by atoms with Gasteiger partial charge in [-0.1, -0.05) is 18.6 Å². The molecule has 0 unspecified atom stereocenters. The molecule has 0 saturated heterocycles. The molecular formula is C15H19NO4. The number of amides is 1. The molecule has 0 bridgehead atoms. The number of carboxylic acid groups (broad SMARTS) is 1. The van der Waals surface area contributed by atoms with Gasteiger partial charge in [-0.15, -0.1) is 0 Å². The molecule has 1 amide bonds. The van der Waals surface area contributed by atoms with Crippen molar-refractivity contribution in [2.75, 3.05) is 13.2 Å². The van der Waals surface area contributed by atoms with Crippen LogP contribution in [0.4, 0.5) is 0 Å². The van der Waals surface area contributed by atoms with Crippen LogP contribution in [0.2, 0.25) is 0 Å². The molecule has 1 aliphatic rings. The number of carboxylic acids is 1. The fraction of sp³-hybridized carbons (Fsp3) is 0.467. The lowest BCUT2D eigenvalue weighted by molar-refractivity contribution is -0.139. The topological polar surface area (TPSA) is 75.6 Å². The van der Waals surface area contributed by atoms with Crippen LogP contribution in [0.25, 0.3) is 0 Å². The van der Waals surface area contributed by atoms with Gasteiger partial charge in [0.2, 0.25) is 5.91 Å². The van der Waals surface area contributed by atoms with Crippen LogP contribution in [0.3, 0.4) is 0 Å². The number of ether oxygens (including phenoxy) is 1. The summed E-state index contributed by atoms with van der Waals surface area (Å²) in [6, 6.07) is 7.25. The van der Waals surface area contributed by atoms with Crippen molar-refractivity contribution in [1.82, 2.24) is 5.32 Å². The van der Waals surface area contributed by atoms with E-state index in [0.717, 1.165) is 31.2 Å². The van der Waals surface area contributed by atoms with Crippen molar-refractivity contribution in [1.29, 1.82) is 0 Å². The van der Waals surface area contributed by atoms with E-state index >= 15 is 0 Å². The fourth-order valence-electron chi connectivity index (χ4n) is 2.04. The Bertz CT molecular complexity index is 465. The van der Waals surface area contributed by atoms with E-state index in [-0.39, 0.29) is 18.4 Å². The lowest BCUT2D eigenvalue weighted by Crippen LogP contribution is -2.35. The first-order valence-corrected chi connectivity index (χ1v) is 6.86. The summed E-state index contributed by atoms with van der Waals surface area (Å²) in [6.45, 7) is 0.293. The van der Waals surface area contributed by atoms with Crippen molar-refractivity contribution < 1.29 is 19.4 Å². The second kappa shape index (κ2) is 6.93. The minimum atomic E-state index is -0.993. The van der Waals surface area contributed by atoms with Crippen molar-refractivity contribution in [2.45, 2.75) is 25.7 Å². The maximum Gasteiger partial charge on any atom is 0.341 e. The molecule has 0 atom stereocenters. The first-order valence-electron chi connectivity index (χ1n) is 6.86. The highest BCUT2D eigenvalue weighted by atomic mass is 16.5. The Labute approximate surface area is 117 Å². The first kappa shape index (κ1) is 14.4. The smallest absolute Gasteiger partial charge is 0.341 e. The van der Waals surface area contributed by atoms with Crippen molar-refractivity contribution in [3.8, 4) is 5.75 Å². The van der Waals surface area contributed by atoms with Gasteiger partial charge >= 0.3 is 5.97 Å². The number of rotatable bonds is 7. The second-order valence-corrected chi connectivity index (χ2v) is 5.00. The molecule has 0 aliphatic heterocycles. The third kappa shape index (κ3) is 4.26. The van der Waals surface area contributed by atoms with Crippen molar-refractivity contribution in [3.63, 3.8) is 0 Å². The van der Waals surface area contributed by atoms with E-state index in [9.17, 15) is 9.59 Å². The molecule has 2 rings (SSSR count). The molecule has 20 heavy (non-hydrogen) atoms. The summed E-state index contributed by atoms with van der Waals surface area (Å²) in [7, 11) is 0. The maximum absolute atomic E-state index is 11.6. The minimum Gasteiger partial charge on any atom is -0.482 e. The quantitative estimate of drug-likeness (QED) is 0.794. The molecule has 1 saturated carbocycles. The summed E-state index contributed by atoms with van der Waals surface area (Å²) in [4.78, 5) is 22.0. The fourth-order valence-corrected chi connectivity index (χ4v) is 2.04. The molecule has 0 aromatic heterocycles. The van der Waals surface area contributed by atoms with E-state index in [4.69, 9.17) is 9.84 Å². The highest BCUT2D eigenvalue weighted by molar-refractivity contribution is 5.79. The predicted octanol–water partition coefficient (Wildman–Crippen LogP) is 1.61. The van der Waals surface area contributed by atoms with Gasteiger partial charge in [-0.2, -0.15) is 0 Å². The van der Waals surface area contributed by atoms with Gasteiger partial charge in [0.05, 0.1) is 0 Å². The lowest BCUT2D eigenvalue weighted by atomic mass is 9.85. The molecule has 5 heteroatoms. The molecule has 2 N–H and O–H groups in total. The highest BCUT2D eigenvalue weighted by Gasteiger charge is 2.24. The highest BCUT2D eigenvalue weighted by Crippen LogP contribution is 2.26. The minimum absolute atomic E-state index is 0.165. The van der Waals surface area contributed by atoms with E-state index in [1.165, 1.54) is 0 Å². The number of carbonyl (C=O) groups is 2. The molecule has 1 fully saturated rings. The van der Waals surface area contributed by atoms with Crippen LogP contribution >= 0.6 is 0 Å². The van der Waals surface area contributed by atoms with Crippen LogP contribution < -0.4 is 10.1 Å². The molecule has 1 aliphatic carbocycles. The SMILES string of the molecule is O=C(O)COc1ccc(CCNC(=O)C2CCC2)cc1. The Morgan fingerprint density at radius 2 is 1.95 bits per heavy atom. The van der Waals surface area contributed by atoms with Gasteiger partial charge in [0, 0.05) is 12.5 Å². The Kier molecular flexibility index (Phi) is 4.98. The van der Waals surface area contributed by atoms with E-state index in [1.54, 1.807) is 12.1 Å². The van der Waals surface area contributed by atoms with Gasteiger partial charge in [0.25, 0.3) is 0 Å². The van der Waals surface area contributed by atoms with E-state index in [1.807, 2.05) is 12.1 Å². The number of carbonyl (C=O) groups excluding carboxylic acids is 1. The second-order valence-electron chi connectivity index (χ2n) is 5.00. The number of hydrogen-bond acceptors (Lipinski definition) is 3. The summed E-state index contributed by atoms with van der Waals surface area (Å²) >= 11 is 0. The van der Waals surface area contributed by atoms with Crippen LogP contribution in [0.5, 0.6) is 5.75 Å². The molecule has 0 spiro atoms. The van der Waals surface area contributed by atoms with E-state index in [0.29, 0.717) is 12.3 Å². The van der Waals surface area contributed by atoms with Crippen LogP contribution in [0.1, 0.15) is 24.8 Å². The van der Waals surface area contributed by atoms with Gasteiger partial charge in [0.1, 0.15) is 5.75 Å². The summed E-state index contributed by atoms with van der Waals surface area (Å²) < 4.78 is 5.05. The molecule has 5 nitrogen and oxygen atoms in total. The number of hydrogen-bond donors (Lipinski definition) is 2. The van der Waals surface area contributed by atoms with Crippen LogP contribution in [-0.2, 0) is 16.0 Å². The third-order valence-electron chi connectivity index (χ3n) is 3.47. The third-order valence-corrected chi connectivity index (χ3v) is 3.47. The van der Waals surface area contributed by atoms with Crippen molar-refractivity contribution >= 4 is 11.9 Å². The largest absolute Gasteiger partial charge is 0.482 e. The molecule has 1 aromatic rings. The molecule has 0 radical (unpaired) electrons. The zero-order chi connectivity index (χ0) is 14.4.